The molecule has 0 amide bonds. The van der Waals surface area contributed by atoms with Crippen LogP contribution in [0.5, 0.6) is 0 Å². The standard InChI is InChI=1S/C13H21N3O/c1-17-10-11-3-6-16(7-4-11)13-8-12(9-14)2-5-15-13/h2,5,8,11H,3-4,6-7,9-10,14H2,1H3. The van der Waals surface area contributed by atoms with Gasteiger partial charge in [0, 0.05) is 39.5 Å². The van der Waals surface area contributed by atoms with E-state index in [1.807, 2.05) is 12.3 Å². The van der Waals surface area contributed by atoms with Crippen LogP contribution < -0.4 is 10.6 Å². The van der Waals surface area contributed by atoms with Gasteiger partial charge in [0.15, 0.2) is 0 Å². The predicted molar refractivity (Wildman–Crippen MR) is 68.9 cm³/mol. The maximum Gasteiger partial charge on any atom is 0.128 e. The zero-order valence-corrected chi connectivity index (χ0v) is 10.4. The Morgan fingerprint density at radius 2 is 2.24 bits per heavy atom. The van der Waals surface area contributed by atoms with Gasteiger partial charge in [-0.3, -0.25) is 0 Å². The molecule has 1 aromatic heterocycles. The lowest BCUT2D eigenvalue weighted by Crippen LogP contribution is -2.35. The van der Waals surface area contributed by atoms with Crippen molar-refractivity contribution in [1.29, 1.82) is 0 Å². The largest absolute Gasteiger partial charge is 0.384 e. The van der Waals surface area contributed by atoms with Gasteiger partial charge in [-0.05, 0) is 36.5 Å². The Morgan fingerprint density at radius 1 is 1.47 bits per heavy atom. The molecule has 4 heteroatoms. The van der Waals surface area contributed by atoms with Gasteiger partial charge in [-0.15, -0.1) is 0 Å². The van der Waals surface area contributed by atoms with Crippen LogP contribution in [0, 0.1) is 5.92 Å². The minimum absolute atomic E-state index is 0.579. The molecular formula is C13H21N3O. The van der Waals surface area contributed by atoms with Crippen molar-refractivity contribution < 1.29 is 4.74 Å². The van der Waals surface area contributed by atoms with Gasteiger partial charge in [-0.1, -0.05) is 0 Å². The number of nitrogens with zero attached hydrogens (tertiary/aromatic N) is 2. The molecule has 4 nitrogen and oxygen atoms in total. The molecule has 1 aromatic rings. The van der Waals surface area contributed by atoms with E-state index < -0.39 is 0 Å². The zero-order valence-electron chi connectivity index (χ0n) is 10.4. The van der Waals surface area contributed by atoms with Crippen molar-refractivity contribution in [2.45, 2.75) is 19.4 Å². The van der Waals surface area contributed by atoms with Gasteiger partial charge in [0.1, 0.15) is 5.82 Å². The monoisotopic (exact) mass is 235 g/mol. The second-order valence-electron chi connectivity index (χ2n) is 4.61. The van der Waals surface area contributed by atoms with Crippen molar-refractivity contribution in [2.75, 3.05) is 31.7 Å². The second-order valence-corrected chi connectivity index (χ2v) is 4.61. The summed E-state index contributed by atoms with van der Waals surface area (Å²) in [6.07, 6.45) is 4.21. The molecule has 0 unspecified atom stereocenters. The molecule has 0 radical (unpaired) electrons. The summed E-state index contributed by atoms with van der Waals surface area (Å²) in [5.41, 5.74) is 6.79. The van der Waals surface area contributed by atoms with E-state index in [4.69, 9.17) is 10.5 Å². The fraction of sp³-hybridized carbons (Fsp3) is 0.615. The number of nitrogens with two attached hydrogens (primary N) is 1. The molecule has 1 saturated heterocycles. The van der Waals surface area contributed by atoms with Crippen molar-refractivity contribution in [1.82, 2.24) is 4.98 Å². The van der Waals surface area contributed by atoms with E-state index >= 15 is 0 Å². The Morgan fingerprint density at radius 3 is 2.88 bits per heavy atom. The van der Waals surface area contributed by atoms with Crippen LogP contribution >= 0.6 is 0 Å². The van der Waals surface area contributed by atoms with Crippen molar-refractivity contribution in [2.24, 2.45) is 11.7 Å². The third-order valence-corrected chi connectivity index (χ3v) is 3.39. The van der Waals surface area contributed by atoms with Gasteiger partial charge in [0.05, 0.1) is 0 Å². The van der Waals surface area contributed by atoms with Crippen LogP contribution in [0.25, 0.3) is 0 Å². The second kappa shape index (κ2) is 5.98. The number of hydrogen-bond donors (Lipinski definition) is 1. The molecule has 0 atom stereocenters. The van der Waals surface area contributed by atoms with Crippen molar-refractivity contribution in [3.63, 3.8) is 0 Å². The van der Waals surface area contributed by atoms with Crippen molar-refractivity contribution >= 4 is 5.82 Å². The topological polar surface area (TPSA) is 51.4 Å². The third kappa shape index (κ3) is 3.17. The van der Waals surface area contributed by atoms with Crippen LogP contribution in [0.15, 0.2) is 18.3 Å². The zero-order chi connectivity index (χ0) is 12.1. The third-order valence-electron chi connectivity index (χ3n) is 3.39. The SMILES string of the molecule is COCC1CCN(c2cc(CN)ccn2)CC1. The first-order valence-electron chi connectivity index (χ1n) is 6.22. The Hall–Kier alpha value is -1.13. The van der Waals surface area contributed by atoms with Crippen molar-refractivity contribution in [3.8, 4) is 0 Å². The number of methoxy groups -OCH3 is 1. The highest BCUT2D eigenvalue weighted by Crippen LogP contribution is 2.22. The Bertz CT molecular complexity index is 348. The van der Waals surface area contributed by atoms with Crippen LogP contribution in [0.4, 0.5) is 5.82 Å². The van der Waals surface area contributed by atoms with E-state index in [1.54, 1.807) is 7.11 Å². The highest BCUT2D eigenvalue weighted by molar-refractivity contribution is 5.41. The first-order valence-corrected chi connectivity index (χ1v) is 6.22. The summed E-state index contributed by atoms with van der Waals surface area (Å²) in [5, 5.41) is 0. The Kier molecular flexibility index (Phi) is 4.34. The molecule has 17 heavy (non-hydrogen) atoms. The molecule has 0 saturated carbocycles. The van der Waals surface area contributed by atoms with Gasteiger partial charge < -0.3 is 15.4 Å². The minimum Gasteiger partial charge on any atom is -0.384 e. The molecular weight excluding hydrogens is 214 g/mol. The fourth-order valence-electron chi connectivity index (χ4n) is 2.32. The number of hydrogen-bond acceptors (Lipinski definition) is 4. The summed E-state index contributed by atoms with van der Waals surface area (Å²) in [4.78, 5) is 6.76. The normalized spacial score (nSPS) is 17.4. The molecule has 2 N–H and O–H groups in total. The predicted octanol–water partition coefficient (Wildman–Crippen LogP) is 1.40. The van der Waals surface area contributed by atoms with Crippen LogP contribution in [0.3, 0.4) is 0 Å². The molecule has 1 aliphatic heterocycles. The molecule has 94 valence electrons. The smallest absolute Gasteiger partial charge is 0.128 e. The van der Waals surface area contributed by atoms with Crippen LogP contribution in [0.2, 0.25) is 0 Å². The molecule has 1 aliphatic rings. The summed E-state index contributed by atoms with van der Waals surface area (Å²) in [6, 6.07) is 4.07. The lowest BCUT2D eigenvalue weighted by atomic mass is 9.98. The Balaban J connectivity index is 1.95. The fourth-order valence-corrected chi connectivity index (χ4v) is 2.32. The molecule has 0 bridgehead atoms. The molecule has 0 aromatic carbocycles. The summed E-state index contributed by atoms with van der Waals surface area (Å²) in [6.45, 7) is 3.59. The van der Waals surface area contributed by atoms with E-state index in [2.05, 4.69) is 16.0 Å². The van der Waals surface area contributed by atoms with Crippen molar-refractivity contribution in [3.05, 3.63) is 23.9 Å². The first kappa shape index (κ1) is 12.3. The van der Waals surface area contributed by atoms with Gasteiger partial charge in [0.2, 0.25) is 0 Å². The van der Waals surface area contributed by atoms with Crippen LogP contribution in [0.1, 0.15) is 18.4 Å². The summed E-state index contributed by atoms with van der Waals surface area (Å²) < 4.78 is 5.21. The highest BCUT2D eigenvalue weighted by Gasteiger charge is 2.19. The molecule has 0 aliphatic carbocycles. The molecule has 2 rings (SSSR count). The lowest BCUT2D eigenvalue weighted by molar-refractivity contribution is 0.139. The number of anilines is 1. The molecule has 1 fully saturated rings. The number of rotatable bonds is 4. The average Bonchev–Trinajstić information content (AvgIpc) is 2.40. The minimum atomic E-state index is 0.579. The van der Waals surface area contributed by atoms with E-state index in [0.29, 0.717) is 12.5 Å². The van der Waals surface area contributed by atoms with E-state index in [9.17, 15) is 0 Å². The lowest BCUT2D eigenvalue weighted by Gasteiger charge is -2.32. The average molecular weight is 235 g/mol. The first-order chi connectivity index (χ1) is 8.33. The van der Waals surface area contributed by atoms with E-state index in [0.717, 1.165) is 31.1 Å². The number of pyridine rings is 1. The number of ether oxygens (including phenoxy) is 1. The Labute approximate surface area is 103 Å². The van der Waals surface area contributed by atoms with E-state index in [-0.39, 0.29) is 0 Å². The molecule has 0 spiro atoms. The van der Waals surface area contributed by atoms with Gasteiger partial charge >= 0.3 is 0 Å². The summed E-state index contributed by atoms with van der Waals surface area (Å²) >= 11 is 0. The van der Waals surface area contributed by atoms with Gasteiger partial charge in [-0.2, -0.15) is 0 Å². The molecule has 2 heterocycles. The number of piperidine rings is 1. The van der Waals surface area contributed by atoms with Crippen LogP contribution in [-0.2, 0) is 11.3 Å². The quantitative estimate of drug-likeness (QED) is 0.857. The summed E-state index contributed by atoms with van der Waals surface area (Å²) in [5.74, 6) is 1.76. The van der Waals surface area contributed by atoms with E-state index in [1.165, 1.54) is 12.8 Å². The maximum absolute atomic E-state index is 5.65. The van der Waals surface area contributed by atoms with Gasteiger partial charge in [0.25, 0.3) is 0 Å². The van der Waals surface area contributed by atoms with Crippen LogP contribution in [-0.4, -0.2) is 31.8 Å². The number of aromatic nitrogens is 1. The van der Waals surface area contributed by atoms with Gasteiger partial charge in [-0.25, -0.2) is 4.98 Å². The maximum atomic E-state index is 5.65. The summed E-state index contributed by atoms with van der Waals surface area (Å²) in [7, 11) is 1.78. The highest BCUT2D eigenvalue weighted by atomic mass is 16.5.